The first-order chi connectivity index (χ1) is 9.56. The number of halogens is 1. The molecule has 0 fully saturated rings. The van der Waals surface area contributed by atoms with E-state index in [4.69, 9.17) is 4.74 Å². The predicted octanol–water partition coefficient (Wildman–Crippen LogP) is 1.95. The molecule has 7 heteroatoms. The predicted molar refractivity (Wildman–Crippen MR) is 67.1 cm³/mol. The molecule has 1 N–H and O–H groups in total. The molecule has 2 aromatic rings. The zero-order chi connectivity index (χ0) is 14.3. The van der Waals surface area contributed by atoms with Crippen LogP contribution in [0.15, 0.2) is 18.3 Å². The van der Waals surface area contributed by atoms with Gasteiger partial charge in [-0.1, -0.05) is 0 Å². The quantitative estimate of drug-likeness (QED) is 0.849. The number of aromatic carboxylic acids is 1. The van der Waals surface area contributed by atoms with Gasteiger partial charge >= 0.3 is 5.97 Å². The summed E-state index contributed by atoms with van der Waals surface area (Å²) in [5.41, 5.74) is 0.681. The fourth-order valence-electron chi connectivity index (χ4n) is 2.18. The lowest BCUT2D eigenvalue weighted by Crippen LogP contribution is -2.24. The molecule has 2 aromatic heterocycles. The number of hydrogen-bond donors (Lipinski definition) is 1. The van der Waals surface area contributed by atoms with Gasteiger partial charge in [0.2, 0.25) is 11.8 Å². The van der Waals surface area contributed by atoms with Crippen molar-refractivity contribution in [2.45, 2.75) is 26.0 Å². The van der Waals surface area contributed by atoms with Crippen LogP contribution in [0.1, 0.15) is 23.7 Å². The highest BCUT2D eigenvalue weighted by Crippen LogP contribution is 2.33. The van der Waals surface area contributed by atoms with Gasteiger partial charge in [0.25, 0.3) is 0 Å². The topological polar surface area (TPSA) is 77.2 Å². The first-order valence-corrected chi connectivity index (χ1v) is 6.19. The summed E-state index contributed by atoms with van der Waals surface area (Å²) >= 11 is 0. The molecule has 0 spiro atoms. The molecule has 0 unspecified atom stereocenters. The summed E-state index contributed by atoms with van der Waals surface area (Å²) in [6, 6.07) is 2.62. The SMILES string of the molecule is C[C@H]1CCn2nc(-c3ccc(F)nc3)c(C(=O)O)c2O1. The summed E-state index contributed by atoms with van der Waals surface area (Å²) in [4.78, 5) is 15.0. The molecular formula is C13H12FN3O3. The Balaban J connectivity index is 2.16. The minimum absolute atomic E-state index is 0.00930. The number of carboxylic acids is 1. The Morgan fingerprint density at radius 2 is 2.35 bits per heavy atom. The third kappa shape index (κ3) is 2.01. The average Bonchev–Trinajstić information content (AvgIpc) is 2.78. The summed E-state index contributed by atoms with van der Waals surface area (Å²) in [7, 11) is 0. The van der Waals surface area contributed by atoms with Crippen molar-refractivity contribution in [3.05, 3.63) is 29.8 Å². The highest BCUT2D eigenvalue weighted by molar-refractivity contribution is 5.97. The smallest absolute Gasteiger partial charge is 0.343 e. The van der Waals surface area contributed by atoms with Gasteiger partial charge in [-0.25, -0.2) is 14.5 Å². The van der Waals surface area contributed by atoms with Crippen molar-refractivity contribution in [3.8, 4) is 17.1 Å². The van der Waals surface area contributed by atoms with Crippen molar-refractivity contribution in [3.63, 3.8) is 0 Å². The lowest BCUT2D eigenvalue weighted by molar-refractivity contribution is 0.0684. The number of rotatable bonds is 2. The molecule has 3 rings (SSSR count). The molecule has 104 valence electrons. The lowest BCUT2D eigenvalue weighted by atomic mass is 10.1. The number of nitrogens with zero attached hydrogens (tertiary/aromatic N) is 3. The number of carboxylic acid groups (broad SMARTS) is 1. The Morgan fingerprint density at radius 1 is 1.55 bits per heavy atom. The summed E-state index contributed by atoms with van der Waals surface area (Å²) in [6.45, 7) is 2.46. The maximum absolute atomic E-state index is 12.9. The van der Waals surface area contributed by atoms with Crippen LogP contribution in [0.4, 0.5) is 4.39 Å². The van der Waals surface area contributed by atoms with Crippen LogP contribution in [0.25, 0.3) is 11.3 Å². The van der Waals surface area contributed by atoms with E-state index in [0.717, 1.165) is 6.42 Å². The Bertz CT molecular complexity index is 666. The van der Waals surface area contributed by atoms with Crippen LogP contribution in [0.2, 0.25) is 0 Å². The van der Waals surface area contributed by atoms with Crippen LogP contribution in [-0.2, 0) is 6.54 Å². The van der Waals surface area contributed by atoms with E-state index in [-0.39, 0.29) is 23.2 Å². The molecular weight excluding hydrogens is 265 g/mol. The van der Waals surface area contributed by atoms with Crippen LogP contribution >= 0.6 is 0 Å². The second kappa shape index (κ2) is 4.59. The standard InChI is InChI=1S/C13H12FN3O3/c1-7-4-5-17-12(20-7)10(13(18)19)11(16-17)8-2-3-9(14)15-6-8/h2-3,6-7H,4-5H2,1H3,(H,18,19)/t7-/m0/s1. The molecule has 1 aliphatic heterocycles. The van der Waals surface area contributed by atoms with E-state index < -0.39 is 11.9 Å². The molecule has 6 nitrogen and oxygen atoms in total. The molecule has 0 saturated carbocycles. The van der Waals surface area contributed by atoms with Crippen LogP contribution in [0.5, 0.6) is 5.88 Å². The van der Waals surface area contributed by atoms with Gasteiger partial charge in [0.15, 0.2) is 0 Å². The zero-order valence-electron chi connectivity index (χ0n) is 10.7. The Kier molecular flexibility index (Phi) is 2.89. The van der Waals surface area contributed by atoms with Crippen molar-refractivity contribution in [1.82, 2.24) is 14.8 Å². The second-order valence-corrected chi connectivity index (χ2v) is 4.64. The maximum Gasteiger partial charge on any atom is 0.343 e. The minimum Gasteiger partial charge on any atom is -0.477 e. The number of aromatic nitrogens is 3. The molecule has 0 saturated heterocycles. The molecule has 0 radical (unpaired) electrons. The van der Waals surface area contributed by atoms with E-state index in [2.05, 4.69) is 10.1 Å². The van der Waals surface area contributed by atoms with Gasteiger partial charge in [-0.2, -0.15) is 9.49 Å². The molecule has 0 bridgehead atoms. The first-order valence-electron chi connectivity index (χ1n) is 6.19. The Morgan fingerprint density at radius 3 is 3.00 bits per heavy atom. The molecule has 0 amide bonds. The number of pyridine rings is 1. The fraction of sp³-hybridized carbons (Fsp3) is 0.308. The monoisotopic (exact) mass is 277 g/mol. The third-order valence-electron chi connectivity index (χ3n) is 3.18. The second-order valence-electron chi connectivity index (χ2n) is 4.64. The highest BCUT2D eigenvalue weighted by atomic mass is 19.1. The Labute approximate surface area is 113 Å². The van der Waals surface area contributed by atoms with Gasteiger partial charge in [0.05, 0.1) is 6.10 Å². The largest absolute Gasteiger partial charge is 0.477 e. The van der Waals surface area contributed by atoms with Gasteiger partial charge < -0.3 is 9.84 Å². The maximum atomic E-state index is 12.9. The molecule has 3 heterocycles. The number of ether oxygens (including phenoxy) is 1. The number of aryl methyl sites for hydroxylation is 1. The van der Waals surface area contributed by atoms with Crippen molar-refractivity contribution in [2.24, 2.45) is 0 Å². The molecule has 1 atom stereocenters. The average molecular weight is 277 g/mol. The van der Waals surface area contributed by atoms with E-state index in [1.54, 1.807) is 0 Å². The summed E-state index contributed by atoms with van der Waals surface area (Å²) in [5.74, 6) is -1.50. The van der Waals surface area contributed by atoms with E-state index >= 15 is 0 Å². The first kappa shape index (κ1) is 12.6. The number of fused-ring (bicyclic) bond motifs is 1. The molecule has 0 aromatic carbocycles. The molecule has 1 aliphatic rings. The van der Waals surface area contributed by atoms with Crippen molar-refractivity contribution in [2.75, 3.05) is 0 Å². The number of carbonyl (C=O) groups is 1. The van der Waals surface area contributed by atoms with Crippen LogP contribution < -0.4 is 4.74 Å². The van der Waals surface area contributed by atoms with Crippen molar-refractivity contribution in [1.29, 1.82) is 0 Å². The van der Waals surface area contributed by atoms with E-state index in [1.807, 2.05) is 6.92 Å². The van der Waals surface area contributed by atoms with Crippen molar-refractivity contribution >= 4 is 5.97 Å². The van der Waals surface area contributed by atoms with Gasteiger partial charge in [0.1, 0.15) is 11.3 Å². The summed E-state index contributed by atoms with van der Waals surface area (Å²) in [5, 5.41) is 13.6. The highest BCUT2D eigenvalue weighted by Gasteiger charge is 2.29. The Hall–Kier alpha value is -2.44. The third-order valence-corrected chi connectivity index (χ3v) is 3.18. The van der Waals surface area contributed by atoms with E-state index in [1.165, 1.54) is 23.0 Å². The van der Waals surface area contributed by atoms with Crippen molar-refractivity contribution < 1.29 is 19.0 Å². The van der Waals surface area contributed by atoms with Gasteiger partial charge in [-0.05, 0) is 19.1 Å². The molecule has 0 aliphatic carbocycles. The summed E-state index contributed by atoms with van der Waals surface area (Å²) < 4.78 is 20.0. The van der Waals surface area contributed by atoms with Gasteiger partial charge in [-0.15, -0.1) is 0 Å². The molecule has 20 heavy (non-hydrogen) atoms. The minimum atomic E-state index is -1.13. The van der Waals surface area contributed by atoms with E-state index in [0.29, 0.717) is 12.1 Å². The zero-order valence-corrected chi connectivity index (χ0v) is 10.7. The van der Waals surface area contributed by atoms with Crippen LogP contribution in [0.3, 0.4) is 0 Å². The van der Waals surface area contributed by atoms with Crippen LogP contribution in [0, 0.1) is 5.95 Å². The lowest BCUT2D eigenvalue weighted by Gasteiger charge is -2.21. The van der Waals surface area contributed by atoms with Crippen LogP contribution in [-0.4, -0.2) is 31.9 Å². The number of hydrogen-bond acceptors (Lipinski definition) is 4. The van der Waals surface area contributed by atoms with Gasteiger partial charge in [-0.3, -0.25) is 0 Å². The fourth-order valence-corrected chi connectivity index (χ4v) is 2.18. The normalized spacial score (nSPS) is 17.4. The van der Waals surface area contributed by atoms with E-state index in [9.17, 15) is 14.3 Å². The summed E-state index contributed by atoms with van der Waals surface area (Å²) in [6.07, 6.45) is 1.96. The van der Waals surface area contributed by atoms with Gasteiger partial charge in [0, 0.05) is 24.7 Å².